The summed E-state index contributed by atoms with van der Waals surface area (Å²) in [5.74, 6) is 1.08. The summed E-state index contributed by atoms with van der Waals surface area (Å²) >= 11 is 0. The molecule has 0 aromatic heterocycles. The van der Waals surface area contributed by atoms with E-state index in [9.17, 15) is 9.90 Å². The highest BCUT2D eigenvalue weighted by Gasteiger charge is 2.21. The van der Waals surface area contributed by atoms with Crippen LogP contribution >= 0.6 is 0 Å². The minimum absolute atomic E-state index is 0.234. The van der Waals surface area contributed by atoms with Gasteiger partial charge in [-0.1, -0.05) is 49.8 Å². The summed E-state index contributed by atoms with van der Waals surface area (Å²) in [5, 5.41) is 20.4. The van der Waals surface area contributed by atoms with Crippen molar-refractivity contribution in [1.29, 1.82) is 0 Å². The standard InChI is InChI=1S/C21H39N3O4/c1-5-16(3)23-27-20(25)10-8-7-9-18-11-13-19(14-12-18)15-22-21(26)28-24-17(4)6-2/h18-19,21-22,26H,5-15H2,1-4H3/b23-16-,24-17-. The summed E-state index contributed by atoms with van der Waals surface area (Å²) in [6.07, 6.45) is 8.84. The van der Waals surface area contributed by atoms with Crippen molar-refractivity contribution in [2.24, 2.45) is 22.1 Å². The van der Waals surface area contributed by atoms with Gasteiger partial charge in [0.2, 0.25) is 0 Å². The van der Waals surface area contributed by atoms with Gasteiger partial charge in [0.1, 0.15) is 0 Å². The van der Waals surface area contributed by atoms with Crippen LogP contribution in [0.25, 0.3) is 0 Å². The lowest BCUT2D eigenvalue weighted by Crippen LogP contribution is -2.35. The van der Waals surface area contributed by atoms with E-state index >= 15 is 0 Å². The molecule has 0 aromatic carbocycles. The van der Waals surface area contributed by atoms with Crippen molar-refractivity contribution < 1.29 is 19.6 Å². The Kier molecular flexibility index (Phi) is 12.7. The van der Waals surface area contributed by atoms with Crippen LogP contribution in [-0.4, -0.2) is 35.5 Å². The van der Waals surface area contributed by atoms with Crippen molar-refractivity contribution in [2.45, 2.75) is 98.3 Å². The zero-order valence-electron chi connectivity index (χ0n) is 18.1. The predicted octanol–water partition coefficient (Wildman–Crippen LogP) is 4.35. The van der Waals surface area contributed by atoms with E-state index < -0.39 is 6.41 Å². The number of oxime groups is 2. The Morgan fingerprint density at radius 3 is 2.29 bits per heavy atom. The summed E-state index contributed by atoms with van der Waals surface area (Å²) in [5.41, 5.74) is 1.70. The van der Waals surface area contributed by atoms with Crippen LogP contribution in [0.2, 0.25) is 0 Å². The first-order valence-electron chi connectivity index (χ1n) is 10.8. The molecule has 0 bridgehead atoms. The molecule has 0 radical (unpaired) electrons. The fourth-order valence-electron chi connectivity index (χ4n) is 3.17. The third-order valence-electron chi connectivity index (χ3n) is 5.43. The molecular weight excluding hydrogens is 358 g/mol. The van der Waals surface area contributed by atoms with E-state index in [0.29, 0.717) is 12.3 Å². The summed E-state index contributed by atoms with van der Waals surface area (Å²) < 4.78 is 0. The average Bonchev–Trinajstić information content (AvgIpc) is 2.72. The largest absolute Gasteiger partial charge is 0.347 e. The van der Waals surface area contributed by atoms with Crippen LogP contribution in [0.4, 0.5) is 0 Å². The molecule has 1 rings (SSSR count). The topological polar surface area (TPSA) is 92.5 Å². The molecule has 1 aliphatic carbocycles. The third kappa shape index (κ3) is 11.4. The maximum absolute atomic E-state index is 11.6. The number of hydrogen-bond acceptors (Lipinski definition) is 7. The SMILES string of the molecule is CC/C(C)=N\OC(=O)CCCCC1CCC(CNC(O)O/N=C(/C)CC)CC1. The van der Waals surface area contributed by atoms with E-state index in [0.717, 1.165) is 62.4 Å². The van der Waals surface area contributed by atoms with E-state index in [2.05, 4.69) is 15.6 Å². The van der Waals surface area contributed by atoms with Gasteiger partial charge in [0.05, 0.1) is 11.4 Å². The maximum atomic E-state index is 11.6. The molecule has 1 unspecified atom stereocenters. The van der Waals surface area contributed by atoms with Gasteiger partial charge in [0, 0.05) is 13.0 Å². The summed E-state index contributed by atoms with van der Waals surface area (Å²) in [6.45, 7) is 8.45. The van der Waals surface area contributed by atoms with E-state index in [1.807, 2.05) is 27.7 Å². The number of rotatable bonds is 13. The fraction of sp³-hybridized carbons (Fsp3) is 0.857. The quantitative estimate of drug-likeness (QED) is 0.158. The molecule has 0 saturated heterocycles. The molecule has 0 spiro atoms. The average molecular weight is 398 g/mol. The van der Waals surface area contributed by atoms with Gasteiger partial charge in [0.25, 0.3) is 6.41 Å². The second-order valence-corrected chi connectivity index (χ2v) is 7.82. The minimum atomic E-state index is -1.04. The number of carbonyl (C=O) groups is 1. The van der Waals surface area contributed by atoms with Gasteiger partial charge < -0.3 is 14.8 Å². The molecule has 0 heterocycles. The highest BCUT2D eigenvalue weighted by molar-refractivity contribution is 5.82. The molecule has 0 aliphatic heterocycles. The van der Waals surface area contributed by atoms with Crippen molar-refractivity contribution in [2.75, 3.05) is 6.54 Å². The van der Waals surface area contributed by atoms with Crippen LogP contribution in [0.5, 0.6) is 0 Å². The second kappa shape index (κ2) is 14.5. The first kappa shape index (κ1) is 24.6. The zero-order chi connectivity index (χ0) is 20.8. The van der Waals surface area contributed by atoms with Crippen molar-refractivity contribution in [1.82, 2.24) is 5.32 Å². The summed E-state index contributed by atoms with van der Waals surface area (Å²) in [4.78, 5) is 21.5. The number of carbonyl (C=O) groups excluding carboxylic acids is 1. The molecule has 28 heavy (non-hydrogen) atoms. The number of unbranched alkanes of at least 4 members (excludes halogenated alkanes) is 1. The molecule has 7 nitrogen and oxygen atoms in total. The Labute approximate surface area is 169 Å². The lowest BCUT2D eigenvalue weighted by atomic mass is 9.80. The van der Waals surface area contributed by atoms with Crippen molar-refractivity contribution >= 4 is 17.4 Å². The number of aliphatic hydroxyl groups is 1. The Hall–Kier alpha value is -1.47. The van der Waals surface area contributed by atoms with Crippen molar-refractivity contribution in [3.8, 4) is 0 Å². The van der Waals surface area contributed by atoms with E-state index in [1.165, 1.54) is 19.3 Å². The Balaban J connectivity index is 2.08. The molecule has 1 fully saturated rings. The van der Waals surface area contributed by atoms with Crippen LogP contribution in [-0.2, 0) is 14.5 Å². The monoisotopic (exact) mass is 397 g/mol. The molecule has 1 saturated carbocycles. The van der Waals surface area contributed by atoms with Crippen molar-refractivity contribution in [3.63, 3.8) is 0 Å². The molecule has 1 aliphatic rings. The predicted molar refractivity (Wildman–Crippen MR) is 112 cm³/mol. The van der Waals surface area contributed by atoms with Crippen LogP contribution in [0.15, 0.2) is 10.3 Å². The number of hydrogen-bond donors (Lipinski definition) is 2. The first-order valence-corrected chi connectivity index (χ1v) is 10.8. The molecule has 0 amide bonds. The van der Waals surface area contributed by atoms with Crippen LogP contribution in [0, 0.1) is 11.8 Å². The van der Waals surface area contributed by atoms with Gasteiger partial charge in [0.15, 0.2) is 0 Å². The lowest BCUT2D eigenvalue weighted by Gasteiger charge is -2.29. The maximum Gasteiger partial charge on any atom is 0.335 e. The number of nitrogens with zero attached hydrogens (tertiary/aromatic N) is 2. The Bertz CT molecular complexity index is 500. The highest BCUT2D eigenvalue weighted by Crippen LogP contribution is 2.31. The molecule has 0 aromatic rings. The molecule has 7 heteroatoms. The van der Waals surface area contributed by atoms with Gasteiger partial charge in [-0.2, -0.15) is 0 Å². The molecule has 1 atom stereocenters. The molecule has 2 N–H and O–H groups in total. The van der Waals surface area contributed by atoms with Crippen molar-refractivity contribution in [3.05, 3.63) is 0 Å². The van der Waals surface area contributed by atoms with Gasteiger partial charge in [-0.05, 0) is 57.8 Å². The van der Waals surface area contributed by atoms with Crippen LogP contribution in [0.3, 0.4) is 0 Å². The zero-order valence-corrected chi connectivity index (χ0v) is 18.1. The minimum Gasteiger partial charge on any atom is -0.347 e. The highest BCUT2D eigenvalue weighted by atomic mass is 16.7. The summed E-state index contributed by atoms with van der Waals surface area (Å²) in [7, 11) is 0. The van der Waals surface area contributed by atoms with E-state index in [4.69, 9.17) is 9.68 Å². The Morgan fingerprint density at radius 1 is 1.04 bits per heavy atom. The normalized spacial score (nSPS) is 22.0. The smallest absolute Gasteiger partial charge is 0.335 e. The molecule has 162 valence electrons. The summed E-state index contributed by atoms with van der Waals surface area (Å²) in [6, 6.07) is 0. The van der Waals surface area contributed by atoms with E-state index in [-0.39, 0.29) is 5.97 Å². The van der Waals surface area contributed by atoms with E-state index in [1.54, 1.807) is 0 Å². The van der Waals surface area contributed by atoms with Gasteiger partial charge >= 0.3 is 5.97 Å². The van der Waals surface area contributed by atoms with Gasteiger partial charge in [-0.15, -0.1) is 0 Å². The van der Waals surface area contributed by atoms with Crippen LogP contribution in [0.1, 0.15) is 91.9 Å². The van der Waals surface area contributed by atoms with Gasteiger partial charge in [-0.3, -0.25) is 5.32 Å². The first-order chi connectivity index (χ1) is 13.4. The molecular formula is C21H39N3O4. The second-order valence-electron chi connectivity index (χ2n) is 7.82. The Morgan fingerprint density at radius 2 is 1.64 bits per heavy atom. The van der Waals surface area contributed by atoms with Crippen LogP contribution < -0.4 is 5.32 Å². The van der Waals surface area contributed by atoms with Gasteiger partial charge in [-0.25, -0.2) is 4.79 Å². The lowest BCUT2D eigenvalue weighted by molar-refractivity contribution is -0.143. The number of aliphatic hydroxyl groups excluding tert-OH is 1. The fourth-order valence-corrected chi connectivity index (χ4v) is 3.17. The third-order valence-corrected chi connectivity index (χ3v) is 5.43. The number of nitrogens with one attached hydrogen (secondary N) is 1.